The summed E-state index contributed by atoms with van der Waals surface area (Å²) < 4.78 is 16.1. The minimum atomic E-state index is -0.222. The van der Waals surface area contributed by atoms with Crippen LogP contribution in [-0.4, -0.2) is 9.55 Å². The van der Waals surface area contributed by atoms with Crippen molar-refractivity contribution in [3.63, 3.8) is 0 Å². The molecule has 4 heteroatoms. The molecule has 0 amide bonds. The smallest absolute Gasteiger partial charge is 0.178 e. The summed E-state index contributed by atoms with van der Waals surface area (Å²) in [5, 5.41) is 0. The lowest BCUT2D eigenvalue weighted by atomic mass is 9.74. The molecule has 1 heterocycles. The standard InChI is InChI=1S/C13H15FN2S/c1-2-13(6-3-7-13)16-11-5-4-9(14)8-10(11)15-12(16)17/h4-5,8H,2-3,6-7H2,1H3,(H,15,17). The molecule has 1 aromatic heterocycles. The Bertz CT molecular complexity index is 616. The van der Waals surface area contributed by atoms with Crippen molar-refractivity contribution in [2.45, 2.75) is 38.1 Å². The highest BCUT2D eigenvalue weighted by molar-refractivity contribution is 7.71. The summed E-state index contributed by atoms with van der Waals surface area (Å²) in [5.74, 6) is -0.222. The van der Waals surface area contributed by atoms with E-state index in [1.807, 2.05) is 6.07 Å². The summed E-state index contributed by atoms with van der Waals surface area (Å²) in [6.07, 6.45) is 4.67. The van der Waals surface area contributed by atoms with Gasteiger partial charge in [-0.05, 0) is 56.1 Å². The third-order valence-electron chi connectivity index (χ3n) is 4.06. The van der Waals surface area contributed by atoms with E-state index in [1.165, 1.54) is 31.4 Å². The summed E-state index contributed by atoms with van der Waals surface area (Å²) >= 11 is 5.40. The molecule has 2 aromatic rings. The second kappa shape index (κ2) is 3.67. The minimum absolute atomic E-state index is 0.160. The van der Waals surface area contributed by atoms with E-state index in [0.717, 1.165) is 17.5 Å². The van der Waals surface area contributed by atoms with Gasteiger partial charge in [0.15, 0.2) is 4.77 Å². The van der Waals surface area contributed by atoms with Crippen molar-refractivity contribution in [1.29, 1.82) is 0 Å². The van der Waals surface area contributed by atoms with Crippen molar-refractivity contribution >= 4 is 23.3 Å². The fourth-order valence-electron chi connectivity index (χ4n) is 2.87. The zero-order chi connectivity index (χ0) is 12.0. The molecule has 1 fully saturated rings. The Morgan fingerprint density at radius 2 is 2.24 bits per heavy atom. The molecule has 90 valence electrons. The normalized spacial score (nSPS) is 18.2. The zero-order valence-corrected chi connectivity index (χ0v) is 10.6. The molecule has 17 heavy (non-hydrogen) atoms. The number of nitrogens with one attached hydrogen (secondary N) is 1. The SMILES string of the molecule is CCC1(n2c(=S)[nH]c3cc(F)ccc32)CCC1. The largest absolute Gasteiger partial charge is 0.330 e. The van der Waals surface area contributed by atoms with E-state index in [1.54, 1.807) is 0 Å². The lowest BCUT2D eigenvalue weighted by molar-refractivity contribution is 0.140. The maximum absolute atomic E-state index is 13.2. The Labute approximate surface area is 104 Å². The van der Waals surface area contributed by atoms with Gasteiger partial charge in [0.2, 0.25) is 0 Å². The molecular formula is C13H15FN2S. The molecule has 0 atom stereocenters. The number of fused-ring (bicyclic) bond motifs is 1. The molecule has 0 saturated heterocycles. The molecule has 3 rings (SSSR count). The second-order valence-corrected chi connectivity index (χ2v) is 5.25. The molecule has 1 saturated carbocycles. The van der Waals surface area contributed by atoms with Gasteiger partial charge in [-0.25, -0.2) is 4.39 Å². The van der Waals surface area contributed by atoms with Gasteiger partial charge in [0.25, 0.3) is 0 Å². The number of benzene rings is 1. The highest BCUT2D eigenvalue weighted by Crippen LogP contribution is 2.43. The third kappa shape index (κ3) is 1.47. The van der Waals surface area contributed by atoms with Gasteiger partial charge in [0, 0.05) is 5.54 Å². The van der Waals surface area contributed by atoms with Crippen LogP contribution < -0.4 is 0 Å². The molecule has 1 aliphatic carbocycles. The molecule has 0 aliphatic heterocycles. The van der Waals surface area contributed by atoms with Crippen LogP contribution in [0.3, 0.4) is 0 Å². The van der Waals surface area contributed by atoms with E-state index in [0.29, 0.717) is 4.77 Å². The highest BCUT2D eigenvalue weighted by Gasteiger charge is 2.38. The van der Waals surface area contributed by atoms with E-state index in [-0.39, 0.29) is 11.4 Å². The number of imidazole rings is 1. The first-order valence-electron chi connectivity index (χ1n) is 6.07. The Balaban J connectivity index is 2.29. The average Bonchev–Trinajstić information content (AvgIpc) is 2.55. The number of hydrogen-bond donors (Lipinski definition) is 1. The highest BCUT2D eigenvalue weighted by atomic mass is 32.1. The molecule has 1 aromatic carbocycles. The third-order valence-corrected chi connectivity index (χ3v) is 4.35. The quantitative estimate of drug-likeness (QED) is 0.795. The maximum Gasteiger partial charge on any atom is 0.178 e. The first-order valence-corrected chi connectivity index (χ1v) is 6.48. The van der Waals surface area contributed by atoms with Crippen molar-refractivity contribution < 1.29 is 4.39 Å². The van der Waals surface area contributed by atoms with Crippen LogP contribution in [-0.2, 0) is 5.54 Å². The Morgan fingerprint density at radius 3 is 2.82 bits per heavy atom. The second-order valence-electron chi connectivity index (χ2n) is 4.86. The first kappa shape index (κ1) is 11.0. The predicted octanol–water partition coefficient (Wildman–Crippen LogP) is 4.13. The fourth-order valence-corrected chi connectivity index (χ4v) is 3.28. The van der Waals surface area contributed by atoms with Crippen molar-refractivity contribution in [3.8, 4) is 0 Å². The topological polar surface area (TPSA) is 20.7 Å². The molecular weight excluding hydrogens is 235 g/mol. The number of hydrogen-bond acceptors (Lipinski definition) is 1. The number of halogens is 1. The Morgan fingerprint density at radius 1 is 1.47 bits per heavy atom. The lowest BCUT2D eigenvalue weighted by Crippen LogP contribution is -2.39. The number of nitrogens with zero attached hydrogens (tertiary/aromatic N) is 1. The molecule has 1 N–H and O–H groups in total. The Kier molecular flexibility index (Phi) is 2.36. The van der Waals surface area contributed by atoms with E-state index < -0.39 is 0 Å². The van der Waals surface area contributed by atoms with Crippen molar-refractivity contribution in [2.75, 3.05) is 0 Å². The Hall–Kier alpha value is -1.16. The van der Waals surface area contributed by atoms with Crippen molar-refractivity contribution in [2.24, 2.45) is 0 Å². The van der Waals surface area contributed by atoms with Crippen LogP contribution in [0.1, 0.15) is 32.6 Å². The van der Waals surface area contributed by atoms with Crippen LogP contribution in [0.2, 0.25) is 0 Å². The summed E-state index contributed by atoms with van der Waals surface area (Å²) in [6, 6.07) is 4.85. The van der Waals surface area contributed by atoms with Gasteiger partial charge in [-0.3, -0.25) is 0 Å². The van der Waals surface area contributed by atoms with Gasteiger partial charge < -0.3 is 9.55 Å². The predicted molar refractivity (Wildman–Crippen MR) is 69.2 cm³/mol. The van der Waals surface area contributed by atoms with Crippen LogP contribution in [0.4, 0.5) is 4.39 Å². The summed E-state index contributed by atoms with van der Waals surface area (Å²) in [4.78, 5) is 3.11. The minimum Gasteiger partial charge on any atom is -0.330 e. The van der Waals surface area contributed by atoms with E-state index in [4.69, 9.17) is 12.2 Å². The molecule has 0 unspecified atom stereocenters. The fraction of sp³-hybridized carbons (Fsp3) is 0.462. The maximum atomic E-state index is 13.2. The summed E-state index contributed by atoms with van der Waals surface area (Å²) in [6.45, 7) is 2.20. The summed E-state index contributed by atoms with van der Waals surface area (Å²) in [7, 11) is 0. The van der Waals surface area contributed by atoms with Crippen molar-refractivity contribution in [3.05, 3.63) is 28.8 Å². The molecule has 0 bridgehead atoms. The van der Waals surface area contributed by atoms with Crippen LogP contribution in [0, 0.1) is 10.6 Å². The molecule has 2 nitrogen and oxygen atoms in total. The van der Waals surface area contributed by atoms with Gasteiger partial charge >= 0.3 is 0 Å². The van der Waals surface area contributed by atoms with Gasteiger partial charge in [0.1, 0.15) is 5.82 Å². The van der Waals surface area contributed by atoms with Gasteiger partial charge in [-0.15, -0.1) is 0 Å². The lowest BCUT2D eigenvalue weighted by Gasteiger charge is -2.43. The zero-order valence-electron chi connectivity index (χ0n) is 9.79. The first-order chi connectivity index (χ1) is 8.16. The van der Waals surface area contributed by atoms with E-state index in [2.05, 4.69) is 16.5 Å². The number of H-pyrrole nitrogens is 1. The van der Waals surface area contributed by atoms with E-state index >= 15 is 0 Å². The van der Waals surface area contributed by atoms with E-state index in [9.17, 15) is 4.39 Å². The van der Waals surface area contributed by atoms with Crippen LogP contribution in [0.5, 0.6) is 0 Å². The number of aromatic nitrogens is 2. The number of rotatable bonds is 2. The molecule has 0 radical (unpaired) electrons. The van der Waals surface area contributed by atoms with Crippen LogP contribution >= 0.6 is 12.2 Å². The average molecular weight is 250 g/mol. The van der Waals surface area contributed by atoms with Crippen LogP contribution in [0.25, 0.3) is 11.0 Å². The van der Waals surface area contributed by atoms with Crippen molar-refractivity contribution in [1.82, 2.24) is 9.55 Å². The van der Waals surface area contributed by atoms with Crippen LogP contribution in [0.15, 0.2) is 18.2 Å². The molecule has 1 aliphatic rings. The van der Waals surface area contributed by atoms with Gasteiger partial charge in [0.05, 0.1) is 11.0 Å². The molecule has 0 spiro atoms. The van der Waals surface area contributed by atoms with Gasteiger partial charge in [-0.2, -0.15) is 0 Å². The van der Waals surface area contributed by atoms with Gasteiger partial charge in [-0.1, -0.05) is 6.92 Å². The number of aromatic amines is 1. The summed E-state index contributed by atoms with van der Waals surface area (Å²) in [5.41, 5.74) is 1.99. The monoisotopic (exact) mass is 250 g/mol.